The molecule has 1 N–H and O–H groups in total. The summed E-state index contributed by atoms with van der Waals surface area (Å²) in [5, 5.41) is 1.78. The number of rotatable bonds is 7. The number of hydrogen-bond donors (Lipinski definition) is 1. The maximum absolute atomic E-state index is 12.9. The standard InChI is InChI=1S/C18H21BrN2O3S2/c1-11-8-12(4-7-14(11)19)9-16(22)18(2,3)15-10-25-17(20-15)21-26(23,24)13-5-6-13/h4,7-8,10,13H,5-6,9H2,1-3H3,(H,20,21). The fraction of sp³-hybridized carbons (Fsp3) is 0.444. The minimum Gasteiger partial charge on any atom is -0.298 e. The van der Waals surface area contributed by atoms with E-state index >= 15 is 0 Å². The molecule has 3 rings (SSSR count). The van der Waals surface area contributed by atoms with Crippen molar-refractivity contribution in [1.29, 1.82) is 0 Å². The van der Waals surface area contributed by atoms with E-state index in [1.54, 1.807) is 5.38 Å². The Morgan fingerprint density at radius 1 is 1.38 bits per heavy atom. The van der Waals surface area contributed by atoms with E-state index in [9.17, 15) is 13.2 Å². The molecule has 5 nitrogen and oxygen atoms in total. The zero-order valence-corrected chi connectivity index (χ0v) is 18.1. The Hall–Kier alpha value is -1.25. The molecule has 1 saturated carbocycles. The topological polar surface area (TPSA) is 76.1 Å². The third kappa shape index (κ3) is 4.18. The number of ketones is 1. The lowest BCUT2D eigenvalue weighted by atomic mass is 9.82. The molecule has 1 heterocycles. The first-order valence-corrected chi connectivity index (χ1v) is 11.6. The van der Waals surface area contributed by atoms with Gasteiger partial charge in [0.1, 0.15) is 5.78 Å². The van der Waals surface area contributed by atoms with Crippen molar-refractivity contribution in [3.8, 4) is 0 Å². The van der Waals surface area contributed by atoms with Crippen LogP contribution in [-0.4, -0.2) is 24.4 Å². The Kier molecular flexibility index (Phi) is 5.29. The SMILES string of the molecule is Cc1cc(CC(=O)C(C)(C)c2csc(NS(=O)(=O)C3CC3)n2)ccc1Br. The van der Waals surface area contributed by atoms with Crippen LogP contribution in [0.5, 0.6) is 0 Å². The largest absolute Gasteiger partial charge is 0.298 e. The number of benzene rings is 1. The van der Waals surface area contributed by atoms with Gasteiger partial charge in [-0.1, -0.05) is 28.1 Å². The average molecular weight is 457 g/mol. The van der Waals surface area contributed by atoms with Gasteiger partial charge in [-0.2, -0.15) is 0 Å². The molecule has 26 heavy (non-hydrogen) atoms. The van der Waals surface area contributed by atoms with Crippen LogP contribution in [0, 0.1) is 6.92 Å². The van der Waals surface area contributed by atoms with Crippen LogP contribution in [0.3, 0.4) is 0 Å². The molecule has 0 saturated heterocycles. The van der Waals surface area contributed by atoms with Crippen LogP contribution >= 0.6 is 27.3 Å². The van der Waals surface area contributed by atoms with Crippen molar-refractivity contribution in [2.45, 2.75) is 50.7 Å². The molecular formula is C18H21BrN2O3S2. The summed E-state index contributed by atoms with van der Waals surface area (Å²) in [6.07, 6.45) is 1.70. The third-order valence-corrected chi connectivity index (χ3v) is 8.23. The summed E-state index contributed by atoms with van der Waals surface area (Å²) >= 11 is 4.68. The first kappa shape index (κ1) is 19.5. The van der Waals surface area contributed by atoms with Crippen LogP contribution in [-0.2, 0) is 26.7 Å². The van der Waals surface area contributed by atoms with Crippen molar-refractivity contribution in [1.82, 2.24) is 4.98 Å². The third-order valence-electron chi connectivity index (χ3n) is 4.62. The molecule has 0 unspecified atom stereocenters. The zero-order valence-electron chi connectivity index (χ0n) is 14.9. The molecule has 1 aliphatic rings. The van der Waals surface area contributed by atoms with Gasteiger partial charge < -0.3 is 0 Å². The van der Waals surface area contributed by atoms with Gasteiger partial charge in [0.25, 0.3) is 0 Å². The number of aryl methyl sites for hydroxylation is 1. The first-order chi connectivity index (χ1) is 12.1. The monoisotopic (exact) mass is 456 g/mol. The van der Waals surface area contributed by atoms with Gasteiger partial charge in [-0.25, -0.2) is 13.4 Å². The fourth-order valence-corrected chi connectivity index (χ4v) is 5.28. The molecule has 0 bridgehead atoms. The van der Waals surface area contributed by atoms with Gasteiger partial charge in [0.15, 0.2) is 5.13 Å². The average Bonchev–Trinajstić information content (AvgIpc) is 3.32. The minimum atomic E-state index is -3.34. The van der Waals surface area contributed by atoms with Crippen LogP contribution in [0.4, 0.5) is 5.13 Å². The summed E-state index contributed by atoms with van der Waals surface area (Å²) in [6.45, 7) is 5.65. The van der Waals surface area contributed by atoms with Gasteiger partial charge in [0.05, 0.1) is 16.4 Å². The number of nitrogens with one attached hydrogen (secondary N) is 1. The van der Waals surface area contributed by atoms with E-state index < -0.39 is 15.4 Å². The number of carbonyl (C=O) groups excluding carboxylic acids is 1. The van der Waals surface area contributed by atoms with Crippen molar-refractivity contribution in [2.75, 3.05) is 4.72 Å². The highest BCUT2D eigenvalue weighted by molar-refractivity contribution is 9.10. The smallest absolute Gasteiger partial charge is 0.237 e. The fourth-order valence-electron chi connectivity index (χ4n) is 2.56. The highest BCUT2D eigenvalue weighted by atomic mass is 79.9. The highest BCUT2D eigenvalue weighted by Gasteiger charge is 2.37. The number of halogens is 1. The minimum absolute atomic E-state index is 0.0427. The van der Waals surface area contributed by atoms with Crippen LogP contribution < -0.4 is 4.72 Å². The Bertz CT molecular complexity index is 947. The Labute approximate surface area is 166 Å². The van der Waals surface area contributed by atoms with Gasteiger partial charge in [0.2, 0.25) is 10.0 Å². The van der Waals surface area contributed by atoms with Gasteiger partial charge in [-0.15, -0.1) is 11.3 Å². The van der Waals surface area contributed by atoms with E-state index in [0.717, 1.165) is 15.6 Å². The summed E-state index contributed by atoms with van der Waals surface area (Å²) in [7, 11) is -3.34. The van der Waals surface area contributed by atoms with Gasteiger partial charge >= 0.3 is 0 Å². The summed E-state index contributed by atoms with van der Waals surface area (Å²) in [6, 6.07) is 5.87. The maximum Gasteiger partial charge on any atom is 0.237 e. The predicted molar refractivity (Wildman–Crippen MR) is 108 cm³/mol. The lowest BCUT2D eigenvalue weighted by Gasteiger charge is -2.21. The second kappa shape index (κ2) is 7.05. The van der Waals surface area contributed by atoms with Crippen LogP contribution in [0.1, 0.15) is 43.5 Å². The van der Waals surface area contributed by atoms with E-state index in [2.05, 4.69) is 25.6 Å². The van der Waals surface area contributed by atoms with Crippen LogP contribution in [0.15, 0.2) is 28.1 Å². The Balaban J connectivity index is 1.74. The number of sulfonamides is 1. The van der Waals surface area contributed by atoms with E-state index in [1.165, 1.54) is 11.3 Å². The second-order valence-corrected chi connectivity index (χ2v) is 10.9. The number of carbonyl (C=O) groups is 1. The number of thiazole rings is 1. The van der Waals surface area contributed by atoms with Crippen molar-refractivity contribution < 1.29 is 13.2 Å². The molecule has 2 aromatic rings. The molecule has 0 radical (unpaired) electrons. The van der Waals surface area contributed by atoms with E-state index in [-0.39, 0.29) is 11.0 Å². The molecule has 0 atom stereocenters. The number of hydrogen-bond acceptors (Lipinski definition) is 5. The molecule has 0 amide bonds. The summed E-state index contributed by atoms with van der Waals surface area (Å²) in [5.74, 6) is 0.0427. The number of anilines is 1. The lowest BCUT2D eigenvalue weighted by molar-refractivity contribution is -0.122. The van der Waals surface area contributed by atoms with Gasteiger partial charge in [-0.05, 0) is 50.8 Å². The normalized spacial score (nSPS) is 15.1. The molecule has 1 fully saturated rings. The van der Waals surface area contributed by atoms with Crippen molar-refractivity contribution >= 4 is 48.2 Å². The van der Waals surface area contributed by atoms with E-state index in [4.69, 9.17) is 0 Å². The molecular weight excluding hydrogens is 436 g/mol. The quantitative estimate of drug-likeness (QED) is 0.676. The molecule has 140 valence electrons. The molecule has 1 aliphatic carbocycles. The summed E-state index contributed by atoms with van der Waals surface area (Å²) < 4.78 is 27.6. The maximum atomic E-state index is 12.9. The predicted octanol–water partition coefficient (Wildman–Crippen LogP) is 4.21. The first-order valence-electron chi connectivity index (χ1n) is 8.35. The highest BCUT2D eigenvalue weighted by Crippen LogP contribution is 2.33. The lowest BCUT2D eigenvalue weighted by Crippen LogP contribution is -2.31. The van der Waals surface area contributed by atoms with Crippen molar-refractivity contribution in [2.24, 2.45) is 0 Å². The Morgan fingerprint density at radius 3 is 2.69 bits per heavy atom. The molecule has 8 heteroatoms. The number of Topliss-reactive ketones (excluding diaryl/α,β-unsaturated/α-hetero) is 1. The Morgan fingerprint density at radius 2 is 2.08 bits per heavy atom. The van der Waals surface area contributed by atoms with Crippen LogP contribution in [0.2, 0.25) is 0 Å². The van der Waals surface area contributed by atoms with Crippen LogP contribution in [0.25, 0.3) is 0 Å². The molecule has 0 aliphatic heterocycles. The van der Waals surface area contributed by atoms with Crippen molar-refractivity contribution in [3.63, 3.8) is 0 Å². The summed E-state index contributed by atoms with van der Waals surface area (Å²) in [5.41, 5.74) is 1.84. The number of aromatic nitrogens is 1. The van der Waals surface area contributed by atoms with E-state index in [0.29, 0.717) is 30.1 Å². The molecule has 0 spiro atoms. The number of nitrogens with zero attached hydrogens (tertiary/aromatic N) is 1. The van der Waals surface area contributed by atoms with Gasteiger partial charge in [-0.3, -0.25) is 9.52 Å². The van der Waals surface area contributed by atoms with Gasteiger partial charge in [0, 0.05) is 16.3 Å². The second-order valence-electron chi connectivity index (χ2n) is 7.19. The zero-order chi connectivity index (χ0) is 19.1. The summed E-state index contributed by atoms with van der Waals surface area (Å²) in [4.78, 5) is 17.2. The molecule has 1 aromatic carbocycles. The van der Waals surface area contributed by atoms with E-state index in [1.807, 2.05) is 39.0 Å². The van der Waals surface area contributed by atoms with Crippen molar-refractivity contribution in [3.05, 3.63) is 44.9 Å². The molecule has 1 aromatic heterocycles.